The van der Waals surface area contributed by atoms with Crippen molar-refractivity contribution in [1.82, 2.24) is 0 Å². The minimum absolute atomic E-state index is 0.257. The molecule has 0 bridgehead atoms. The van der Waals surface area contributed by atoms with Crippen molar-refractivity contribution in [3.63, 3.8) is 0 Å². The van der Waals surface area contributed by atoms with Crippen molar-refractivity contribution in [2.75, 3.05) is 0 Å². The Morgan fingerprint density at radius 2 is 1.20 bits per heavy atom. The minimum Gasteiger partial charge on any atom is -0.0616 e. The third-order valence-electron chi connectivity index (χ3n) is 4.54. The van der Waals surface area contributed by atoms with Crippen molar-refractivity contribution < 1.29 is 0 Å². The molecule has 0 aliphatic carbocycles. The Morgan fingerprint density at radius 3 is 1.65 bits per heavy atom. The van der Waals surface area contributed by atoms with E-state index in [1.54, 1.807) is 0 Å². The topological polar surface area (TPSA) is 0 Å². The van der Waals surface area contributed by atoms with E-state index < -0.39 is 0 Å². The molecule has 3 rings (SSSR count). The van der Waals surface area contributed by atoms with Gasteiger partial charge in [0.25, 0.3) is 0 Å². The molecule has 3 aromatic carbocycles. The van der Waals surface area contributed by atoms with Crippen molar-refractivity contribution in [2.45, 2.75) is 33.6 Å². The van der Waals surface area contributed by atoms with E-state index in [2.05, 4.69) is 82.3 Å². The maximum absolute atomic E-state index is 2.36. The van der Waals surface area contributed by atoms with Gasteiger partial charge in [-0.05, 0) is 44.5 Å². The van der Waals surface area contributed by atoms with Crippen LogP contribution in [0.5, 0.6) is 0 Å². The second-order valence-corrected chi connectivity index (χ2v) is 6.82. The Balaban J connectivity index is 2.45. The third kappa shape index (κ3) is 2.10. The van der Waals surface area contributed by atoms with Gasteiger partial charge in [-0.15, -0.1) is 0 Å². The molecule has 0 saturated heterocycles. The van der Waals surface area contributed by atoms with Crippen LogP contribution in [0.25, 0.3) is 21.5 Å². The number of fused-ring (bicyclic) bond motifs is 2. The Labute approximate surface area is 121 Å². The van der Waals surface area contributed by atoms with Crippen LogP contribution >= 0.6 is 0 Å². The predicted octanol–water partition coefficient (Wildman–Crippen LogP) is 6.14. The van der Waals surface area contributed by atoms with Crippen molar-refractivity contribution in [3.8, 4) is 0 Å². The molecule has 1 atom stereocenters. The number of hydrogen-bond donors (Lipinski definition) is 0. The Kier molecular flexibility index (Phi) is 3.05. The second kappa shape index (κ2) is 4.63. The van der Waals surface area contributed by atoms with E-state index in [0.29, 0.717) is 5.92 Å². The smallest absolute Gasteiger partial charge is 0.0129 e. The molecule has 20 heavy (non-hydrogen) atoms. The van der Waals surface area contributed by atoms with Crippen LogP contribution in [0.15, 0.2) is 54.6 Å². The Morgan fingerprint density at radius 1 is 0.750 bits per heavy atom. The fraction of sp³-hybridized carbons (Fsp3) is 0.300. The van der Waals surface area contributed by atoms with Crippen molar-refractivity contribution in [1.29, 1.82) is 0 Å². The first-order valence-corrected chi connectivity index (χ1v) is 7.39. The van der Waals surface area contributed by atoms with Crippen LogP contribution in [0.4, 0.5) is 0 Å². The average Bonchev–Trinajstić information content (AvgIpc) is 2.43. The number of benzene rings is 3. The zero-order chi connectivity index (χ0) is 14.3. The highest BCUT2D eigenvalue weighted by atomic mass is 14.3. The summed E-state index contributed by atoms with van der Waals surface area (Å²) in [6.07, 6.45) is 0. The van der Waals surface area contributed by atoms with Gasteiger partial charge in [-0.25, -0.2) is 0 Å². The fourth-order valence-electron chi connectivity index (χ4n) is 2.95. The molecule has 102 valence electrons. The van der Waals surface area contributed by atoms with Gasteiger partial charge < -0.3 is 0 Å². The summed E-state index contributed by atoms with van der Waals surface area (Å²) in [6, 6.07) is 19.8. The first-order valence-electron chi connectivity index (χ1n) is 7.39. The Bertz CT molecular complexity index is 706. The standard InChI is InChI=1S/C20H22/c1-14(20(2,3)4)19-17-11-7-5-9-15(17)13-16-10-6-8-12-18(16)19/h5-14H,1-4H3/t14-/m0/s1. The zero-order valence-corrected chi connectivity index (χ0v) is 12.8. The zero-order valence-electron chi connectivity index (χ0n) is 12.8. The van der Waals surface area contributed by atoms with E-state index in [0.717, 1.165) is 0 Å². The molecule has 3 aromatic rings. The summed E-state index contributed by atoms with van der Waals surface area (Å²) in [7, 11) is 0. The quantitative estimate of drug-likeness (QED) is 0.462. The second-order valence-electron chi connectivity index (χ2n) is 6.82. The summed E-state index contributed by atoms with van der Waals surface area (Å²) in [6.45, 7) is 9.34. The van der Waals surface area contributed by atoms with Gasteiger partial charge in [-0.3, -0.25) is 0 Å². The highest BCUT2D eigenvalue weighted by Crippen LogP contribution is 2.41. The van der Waals surface area contributed by atoms with Gasteiger partial charge in [-0.2, -0.15) is 0 Å². The van der Waals surface area contributed by atoms with Crippen LogP contribution in [-0.4, -0.2) is 0 Å². The first kappa shape index (κ1) is 13.2. The monoisotopic (exact) mass is 262 g/mol. The maximum Gasteiger partial charge on any atom is -0.0129 e. The molecule has 0 radical (unpaired) electrons. The normalized spacial score (nSPS) is 13.8. The molecule has 0 heterocycles. The summed E-state index contributed by atoms with van der Waals surface area (Å²) in [4.78, 5) is 0. The van der Waals surface area contributed by atoms with Crippen molar-refractivity contribution in [2.24, 2.45) is 5.41 Å². The molecule has 0 aromatic heterocycles. The summed E-state index contributed by atoms with van der Waals surface area (Å²) in [5.41, 5.74) is 1.75. The van der Waals surface area contributed by atoms with E-state index in [1.807, 2.05) is 0 Å². The number of rotatable bonds is 1. The van der Waals surface area contributed by atoms with Crippen LogP contribution in [0.2, 0.25) is 0 Å². The van der Waals surface area contributed by atoms with Crippen LogP contribution in [0.1, 0.15) is 39.2 Å². The molecule has 0 unspecified atom stereocenters. The molecule has 0 saturated carbocycles. The SMILES string of the molecule is C[C@@H](c1c2ccccc2cc2ccccc12)C(C)(C)C. The molecule has 0 heteroatoms. The first-order chi connectivity index (χ1) is 9.48. The molecular formula is C20H22. The lowest BCUT2D eigenvalue weighted by molar-refractivity contribution is 0.343. The van der Waals surface area contributed by atoms with Gasteiger partial charge in [0.05, 0.1) is 0 Å². The molecule has 0 fully saturated rings. The van der Waals surface area contributed by atoms with Crippen molar-refractivity contribution >= 4 is 21.5 Å². The van der Waals surface area contributed by atoms with Gasteiger partial charge in [-0.1, -0.05) is 76.2 Å². The molecule has 0 aliphatic heterocycles. The van der Waals surface area contributed by atoms with Crippen LogP contribution in [0, 0.1) is 5.41 Å². The van der Waals surface area contributed by atoms with Crippen LogP contribution in [-0.2, 0) is 0 Å². The lowest BCUT2D eigenvalue weighted by Crippen LogP contribution is -2.16. The van der Waals surface area contributed by atoms with E-state index in [1.165, 1.54) is 27.1 Å². The van der Waals surface area contributed by atoms with E-state index in [9.17, 15) is 0 Å². The van der Waals surface area contributed by atoms with E-state index in [-0.39, 0.29) is 5.41 Å². The lowest BCUT2D eigenvalue weighted by atomic mass is 9.75. The minimum atomic E-state index is 0.257. The summed E-state index contributed by atoms with van der Waals surface area (Å²) >= 11 is 0. The van der Waals surface area contributed by atoms with Gasteiger partial charge in [0.1, 0.15) is 0 Å². The van der Waals surface area contributed by atoms with Gasteiger partial charge in [0.15, 0.2) is 0 Å². The van der Waals surface area contributed by atoms with Crippen molar-refractivity contribution in [3.05, 3.63) is 60.2 Å². The van der Waals surface area contributed by atoms with Gasteiger partial charge in [0, 0.05) is 0 Å². The van der Waals surface area contributed by atoms with E-state index >= 15 is 0 Å². The summed E-state index contributed by atoms with van der Waals surface area (Å²) in [5.74, 6) is 0.512. The fourth-order valence-corrected chi connectivity index (χ4v) is 2.95. The van der Waals surface area contributed by atoms with Gasteiger partial charge in [0.2, 0.25) is 0 Å². The highest BCUT2D eigenvalue weighted by Gasteiger charge is 2.24. The molecular weight excluding hydrogens is 240 g/mol. The molecule has 0 N–H and O–H groups in total. The molecule has 0 aliphatic rings. The Hall–Kier alpha value is -1.82. The predicted molar refractivity (Wildman–Crippen MR) is 89.3 cm³/mol. The maximum atomic E-state index is 2.36. The molecule has 0 amide bonds. The molecule has 0 nitrogen and oxygen atoms in total. The third-order valence-corrected chi connectivity index (χ3v) is 4.54. The van der Waals surface area contributed by atoms with E-state index in [4.69, 9.17) is 0 Å². The molecule has 0 spiro atoms. The van der Waals surface area contributed by atoms with Gasteiger partial charge >= 0.3 is 0 Å². The summed E-state index contributed by atoms with van der Waals surface area (Å²) in [5, 5.41) is 5.48. The summed E-state index contributed by atoms with van der Waals surface area (Å²) < 4.78 is 0. The largest absolute Gasteiger partial charge is 0.0616 e. The lowest BCUT2D eigenvalue weighted by Gasteiger charge is -2.30. The van der Waals surface area contributed by atoms with Crippen LogP contribution in [0.3, 0.4) is 0 Å². The number of hydrogen-bond acceptors (Lipinski definition) is 0. The van der Waals surface area contributed by atoms with Crippen LogP contribution < -0.4 is 0 Å². The highest BCUT2D eigenvalue weighted by molar-refractivity contribution is 6.02. The average molecular weight is 262 g/mol.